The van der Waals surface area contributed by atoms with E-state index in [1.54, 1.807) is 18.4 Å². The summed E-state index contributed by atoms with van der Waals surface area (Å²) < 4.78 is 5.25. The largest absolute Gasteiger partial charge is 0.497 e. The van der Waals surface area contributed by atoms with E-state index in [9.17, 15) is 4.79 Å². The molecule has 1 aromatic heterocycles. The van der Waals surface area contributed by atoms with Crippen molar-refractivity contribution in [3.05, 3.63) is 64.0 Å². The number of nitrogens with zero attached hydrogens (tertiary/aromatic N) is 3. The highest BCUT2D eigenvalue weighted by Crippen LogP contribution is 2.28. The van der Waals surface area contributed by atoms with Crippen LogP contribution < -0.4 is 15.0 Å². The second-order valence-electron chi connectivity index (χ2n) is 8.78. The van der Waals surface area contributed by atoms with Crippen molar-refractivity contribution in [2.75, 3.05) is 51.3 Å². The van der Waals surface area contributed by atoms with Gasteiger partial charge in [0.2, 0.25) is 5.91 Å². The number of anilines is 1. The number of thiazole rings is 1. The van der Waals surface area contributed by atoms with Gasteiger partial charge in [-0.2, -0.15) is 0 Å². The molecule has 0 saturated carbocycles. The summed E-state index contributed by atoms with van der Waals surface area (Å²) in [6.45, 7) is 9.90. The van der Waals surface area contributed by atoms with E-state index in [1.165, 1.54) is 11.3 Å². The molecule has 0 unspecified atom stereocenters. The van der Waals surface area contributed by atoms with Crippen LogP contribution in [0.4, 0.5) is 5.69 Å². The van der Waals surface area contributed by atoms with Crippen molar-refractivity contribution >= 4 is 22.9 Å². The average Bonchev–Trinajstić information content (AvgIpc) is 3.22. The molecule has 1 saturated heterocycles. The van der Waals surface area contributed by atoms with Crippen LogP contribution in [0.15, 0.2) is 48.5 Å². The monoisotopic (exact) mass is 478 g/mol. The molecule has 0 bridgehead atoms. The van der Waals surface area contributed by atoms with Crippen molar-refractivity contribution < 1.29 is 9.53 Å². The Morgan fingerprint density at radius 3 is 2.41 bits per heavy atom. The number of piperazine rings is 1. The zero-order valence-electron chi connectivity index (χ0n) is 20.3. The highest BCUT2D eigenvalue weighted by molar-refractivity contribution is 7.12. The maximum absolute atomic E-state index is 12.6. The highest BCUT2D eigenvalue weighted by atomic mass is 32.1. The fourth-order valence-corrected chi connectivity index (χ4v) is 5.24. The van der Waals surface area contributed by atoms with Crippen molar-refractivity contribution in [2.45, 2.75) is 26.7 Å². The second-order valence-corrected chi connectivity index (χ2v) is 10.1. The summed E-state index contributed by atoms with van der Waals surface area (Å²) in [7, 11) is 1.69. The molecule has 0 aliphatic carbocycles. The van der Waals surface area contributed by atoms with E-state index >= 15 is 0 Å². The molecule has 3 aromatic rings. The number of nitrogens with one attached hydrogen (secondary N) is 1. The Morgan fingerprint density at radius 2 is 1.74 bits per heavy atom. The Bertz CT molecular complexity index is 1070. The van der Waals surface area contributed by atoms with Crippen molar-refractivity contribution in [2.24, 2.45) is 0 Å². The molecule has 1 fully saturated rings. The number of methoxy groups -OCH3 is 1. The molecule has 1 aliphatic heterocycles. The lowest BCUT2D eigenvalue weighted by molar-refractivity contribution is -0.120. The minimum Gasteiger partial charge on any atom is -0.497 e. The van der Waals surface area contributed by atoms with Gasteiger partial charge in [-0.1, -0.05) is 29.8 Å². The van der Waals surface area contributed by atoms with Gasteiger partial charge in [0.15, 0.2) is 0 Å². The van der Waals surface area contributed by atoms with Crippen molar-refractivity contribution in [3.8, 4) is 17.0 Å². The summed E-state index contributed by atoms with van der Waals surface area (Å²) in [5.74, 6) is 0.961. The van der Waals surface area contributed by atoms with E-state index in [0.29, 0.717) is 13.0 Å². The smallest absolute Gasteiger partial charge is 0.225 e. The van der Waals surface area contributed by atoms with Crippen LogP contribution in [0.1, 0.15) is 21.9 Å². The molecule has 34 heavy (non-hydrogen) atoms. The van der Waals surface area contributed by atoms with Gasteiger partial charge in [0, 0.05) is 48.9 Å². The van der Waals surface area contributed by atoms with E-state index < -0.39 is 0 Å². The third kappa shape index (κ3) is 6.36. The minimum absolute atomic E-state index is 0.0707. The standard InChI is InChI=1S/C27H34N4O2S/c1-20-5-7-22(8-6-20)27-25(34-21(2)29-27)19-26(32)28-13-4-14-30-15-17-31(18-16-30)23-9-11-24(33-3)12-10-23/h5-12H,4,13-19H2,1-3H3,(H,28,32). The Labute approximate surface area is 206 Å². The molecule has 180 valence electrons. The van der Waals surface area contributed by atoms with Gasteiger partial charge in [0.25, 0.3) is 0 Å². The van der Waals surface area contributed by atoms with Gasteiger partial charge in [-0.25, -0.2) is 4.98 Å². The Kier molecular flexibility index (Phi) is 8.19. The normalized spacial score (nSPS) is 14.3. The topological polar surface area (TPSA) is 57.7 Å². The number of amides is 1. The van der Waals surface area contributed by atoms with Gasteiger partial charge < -0.3 is 15.0 Å². The van der Waals surface area contributed by atoms with E-state index in [4.69, 9.17) is 4.74 Å². The average molecular weight is 479 g/mol. The van der Waals surface area contributed by atoms with Crippen LogP contribution in [0.5, 0.6) is 5.75 Å². The highest BCUT2D eigenvalue weighted by Gasteiger charge is 2.18. The number of benzene rings is 2. The molecule has 2 aromatic carbocycles. The van der Waals surface area contributed by atoms with Gasteiger partial charge in [0.1, 0.15) is 5.75 Å². The SMILES string of the molecule is COc1ccc(N2CCN(CCCNC(=O)Cc3sc(C)nc3-c3ccc(C)cc3)CC2)cc1. The Morgan fingerprint density at radius 1 is 1.03 bits per heavy atom. The third-order valence-corrected chi connectivity index (χ3v) is 7.20. The lowest BCUT2D eigenvalue weighted by Gasteiger charge is -2.36. The molecule has 1 amide bonds. The summed E-state index contributed by atoms with van der Waals surface area (Å²) in [5, 5.41) is 4.10. The van der Waals surface area contributed by atoms with Gasteiger partial charge in [0.05, 0.1) is 24.2 Å². The first-order chi connectivity index (χ1) is 16.5. The summed E-state index contributed by atoms with van der Waals surface area (Å²) >= 11 is 1.61. The summed E-state index contributed by atoms with van der Waals surface area (Å²) in [6, 6.07) is 16.6. The maximum atomic E-state index is 12.6. The van der Waals surface area contributed by atoms with Gasteiger partial charge in [-0.05, 0) is 51.1 Å². The quantitative estimate of drug-likeness (QED) is 0.465. The molecular formula is C27H34N4O2S. The lowest BCUT2D eigenvalue weighted by Crippen LogP contribution is -2.47. The second kappa shape index (κ2) is 11.5. The molecule has 7 heteroatoms. The number of carbonyl (C=O) groups excluding carboxylic acids is 1. The lowest BCUT2D eigenvalue weighted by atomic mass is 10.1. The molecule has 2 heterocycles. The number of carbonyl (C=O) groups is 1. The summed E-state index contributed by atoms with van der Waals surface area (Å²) in [6.07, 6.45) is 1.34. The number of aromatic nitrogens is 1. The maximum Gasteiger partial charge on any atom is 0.225 e. The van der Waals surface area contributed by atoms with Crippen molar-refractivity contribution in [1.29, 1.82) is 0 Å². The van der Waals surface area contributed by atoms with E-state index in [2.05, 4.69) is 63.4 Å². The first-order valence-electron chi connectivity index (χ1n) is 11.9. The molecule has 4 rings (SSSR count). The molecular weight excluding hydrogens is 444 g/mol. The van der Waals surface area contributed by atoms with Crippen LogP contribution in [-0.4, -0.2) is 62.2 Å². The molecule has 1 N–H and O–H groups in total. The van der Waals surface area contributed by atoms with E-state index in [0.717, 1.165) is 66.0 Å². The number of hydrogen-bond acceptors (Lipinski definition) is 6. The fraction of sp³-hybridized carbons (Fsp3) is 0.407. The first-order valence-corrected chi connectivity index (χ1v) is 12.7. The van der Waals surface area contributed by atoms with Crippen LogP contribution in [0.25, 0.3) is 11.3 Å². The Balaban J connectivity index is 1.18. The van der Waals surface area contributed by atoms with Gasteiger partial charge in [-0.3, -0.25) is 9.69 Å². The van der Waals surface area contributed by atoms with Crippen LogP contribution in [-0.2, 0) is 11.2 Å². The van der Waals surface area contributed by atoms with E-state index in [-0.39, 0.29) is 5.91 Å². The third-order valence-electron chi connectivity index (χ3n) is 6.23. The Hall–Kier alpha value is -2.90. The predicted molar refractivity (Wildman–Crippen MR) is 140 cm³/mol. The van der Waals surface area contributed by atoms with Crippen LogP contribution >= 0.6 is 11.3 Å². The first kappa shape index (κ1) is 24.2. The van der Waals surface area contributed by atoms with Crippen molar-refractivity contribution in [3.63, 3.8) is 0 Å². The zero-order chi connectivity index (χ0) is 23.9. The van der Waals surface area contributed by atoms with E-state index in [1.807, 2.05) is 19.1 Å². The summed E-state index contributed by atoms with van der Waals surface area (Å²) in [4.78, 5) is 23.2. The minimum atomic E-state index is 0.0707. The van der Waals surface area contributed by atoms with Crippen molar-refractivity contribution in [1.82, 2.24) is 15.2 Å². The number of rotatable bonds is 9. The number of hydrogen-bond donors (Lipinski definition) is 1. The van der Waals surface area contributed by atoms with Crippen LogP contribution in [0.3, 0.4) is 0 Å². The van der Waals surface area contributed by atoms with Gasteiger partial charge >= 0.3 is 0 Å². The predicted octanol–water partition coefficient (Wildman–Crippen LogP) is 4.31. The molecule has 1 aliphatic rings. The molecule has 0 radical (unpaired) electrons. The molecule has 0 spiro atoms. The summed E-state index contributed by atoms with van der Waals surface area (Å²) in [5.41, 5.74) is 4.48. The number of aryl methyl sites for hydroxylation is 2. The molecule has 6 nitrogen and oxygen atoms in total. The van der Waals surface area contributed by atoms with Gasteiger partial charge in [-0.15, -0.1) is 11.3 Å². The molecule has 0 atom stereocenters. The van der Waals surface area contributed by atoms with Crippen LogP contribution in [0.2, 0.25) is 0 Å². The van der Waals surface area contributed by atoms with Crippen LogP contribution in [0, 0.1) is 13.8 Å². The number of ether oxygens (including phenoxy) is 1. The fourth-order valence-electron chi connectivity index (χ4n) is 4.29. The zero-order valence-corrected chi connectivity index (χ0v) is 21.2.